The van der Waals surface area contributed by atoms with Gasteiger partial charge in [0.1, 0.15) is 0 Å². The van der Waals surface area contributed by atoms with E-state index in [2.05, 4.69) is 11.9 Å². The minimum absolute atomic E-state index is 0.0672. The molecule has 0 fully saturated rings. The van der Waals surface area contributed by atoms with Crippen LogP contribution in [0, 0.1) is 6.92 Å². The summed E-state index contributed by atoms with van der Waals surface area (Å²) in [6.45, 7) is 5.10. The zero-order chi connectivity index (χ0) is 16.9. The SMILES string of the molecule is C=CC(=O)N(C)CC(=O)Nc1ccc(C(=O)N(C)C)c(C)c1. The van der Waals surface area contributed by atoms with E-state index in [0.717, 1.165) is 11.6 Å². The molecule has 6 nitrogen and oxygen atoms in total. The monoisotopic (exact) mass is 303 g/mol. The predicted molar refractivity (Wildman–Crippen MR) is 85.7 cm³/mol. The van der Waals surface area contributed by atoms with Crippen LogP contribution in [-0.2, 0) is 9.59 Å². The van der Waals surface area contributed by atoms with Gasteiger partial charge in [-0.1, -0.05) is 6.58 Å². The average molecular weight is 303 g/mol. The number of hydrogen-bond acceptors (Lipinski definition) is 3. The van der Waals surface area contributed by atoms with Crippen LogP contribution in [0.4, 0.5) is 5.69 Å². The number of anilines is 1. The third kappa shape index (κ3) is 4.44. The van der Waals surface area contributed by atoms with E-state index in [-0.39, 0.29) is 24.3 Å². The molecular weight excluding hydrogens is 282 g/mol. The molecule has 1 rings (SSSR count). The van der Waals surface area contributed by atoms with Gasteiger partial charge in [-0.25, -0.2) is 0 Å². The van der Waals surface area contributed by atoms with Crippen molar-refractivity contribution in [3.8, 4) is 0 Å². The van der Waals surface area contributed by atoms with E-state index in [9.17, 15) is 14.4 Å². The lowest BCUT2D eigenvalue weighted by molar-refractivity contribution is -0.129. The first-order valence-corrected chi connectivity index (χ1v) is 6.76. The molecule has 1 aromatic carbocycles. The lowest BCUT2D eigenvalue weighted by Crippen LogP contribution is -2.33. The Kier molecular flexibility index (Phi) is 5.86. The van der Waals surface area contributed by atoms with Crippen LogP contribution in [0.5, 0.6) is 0 Å². The van der Waals surface area contributed by atoms with Gasteiger partial charge >= 0.3 is 0 Å². The van der Waals surface area contributed by atoms with E-state index < -0.39 is 0 Å². The first-order chi connectivity index (χ1) is 10.3. The molecule has 1 aromatic rings. The Hall–Kier alpha value is -2.63. The summed E-state index contributed by atoms with van der Waals surface area (Å²) in [4.78, 5) is 37.9. The van der Waals surface area contributed by atoms with Crippen molar-refractivity contribution >= 4 is 23.4 Å². The third-order valence-electron chi connectivity index (χ3n) is 3.08. The molecule has 6 heteroatoms. The Morgan fingerprint density at radius 3 is 2.36 bits per heavy atom. The van der Waals surface area contributed by atoms with Gasteiger partial charge in [0.15, 0.2) is 0 Å². The minimum atomic E-state index is -0.321. The molecule has 0 aliphatic rings. The Bertz CT molecular complexity index is 609. The van der Waals surface area contributed by atoms with Crippen molar-refractivity contribution in [1.82, 2.24) is 9.80 Å². The van der Waals surface area contributed by atoms with E-state index in [1.54, 1.807) is 39.2 Å². The smallest absolute Gasteiger partial charge is 0.253 e. The summed E-state index contributed by atoms with van der Waals surface area (Å²) in [6, 6.07) is 5.06. The molecule has 0 aliphatic heterocycles. The summed E-state index contributed by atoms with van der Waals surface area (Å²) < 4.78 is 0. The molecule has 0 atom stereocenters. The van der Waals surface area contributed by atoms with Gasteiger partial charge in [0.2, 0.25) is 11.8 Å². The quantitative estimate of drug-likeness (QED) is 0.833. The van der Waals surface area contributed by atoms with Crippen molar-refractivity contribution in [2.75, 3.05) is 33.0 Å². The number of hydrogen-bond donors (Lipinski definition) is 1. The van der Waals surface area contributed by atoms with Gasteiger partial charge < -0.3 is 15.1 Å². The van der Waals surface area contributed by atoms with E-state index >= 15 is 0 Å². The first-order valence-electron chi connectivity index (χ1n) is 6.76. The van der Waals surface area contributed by atoms with Crippen LogP contribution in [0.25, 0.3) is 0 Å². The van der Waals surface area contributed by atoms with Crippen molar-refractivity contribution in [2.24, 2.45) is 0 Å². The first kappa shape index (κ1) is 17.4. The van der Waals surface area contributed by atoms with Gasteiger partial charge in [0.05, 0.1) is 6.54 Å². The summed E-state index contributed by atoms with van der Waals surface area (Å²) >= 11 is 0. The van der Waals surface area contributed by atoms with Crippen LogP contribution >= 0.6 is 0 Å². The van der Waals surface area contributed by atoms with Crippen molar-refractivity contribution in [1.29, 1.82) is 0 Å². The lowest BCUT2D eigenvalue weighted by atomic mass is 10.1. The van der Waals surface area contributed by atoms with Crippen LogP contribution in [-0.4, -0.2) is 55.2 Å². The van der Waals surface area contributed by atoms with Gasteiger partial charge in [0.25, 0.3) is 5.91 Å². The Balaban J connectivity index is 2.77. The second kappa shape index (κ2) is 7.40. The van der Waals surface area contributed by atoms with Crippen molar-refractivity contribution in [2.45, 2.75) is 6.92 Å². The average Bonchev–Trinajstić information content (AvgIpc) is 2.45. The highest BCUT2D eigenvalue weighted by atomic mass is 16.2. The third-order valence-corrected chi connectivity index (χ3v) is 3.08. The summed E-state index contributed by atoms with van der Waals surface area (Å²) in [7, 11) is 4.89. The van der Waals surface area contributed by atoms with Crippen LogP contribution in [0.2, 0.25) is 0 Å². The molecule has 0 unspecified atom stereocenters. The fourth-order valence-corrected chi connectivity index (χ4v) is 1.87. The van der Waals surface area contributed by atoms with Gasteiger partial charge in [0, 0.05) is 32.4 Å². The number of carbonyl (C=O) groups excluding carboxylic acids is 3. The molecule has 3 amide bonds. The molecule has 22 heavy (non-hydrogen) atoms. The molecule has 0 heterocycles. The maximum Gasteiger partial charge on any atom is 0.253 e. The Labute approximate surface area is 130 Å². The lowest BCUT2D eigenvalue weighted by Gasteiger charge is -2.16. The second-order valence-corrected chi connectivity index (χ2v) is 5.18. The maximum atomic E-state index is 11.9. The summed E-state index contributed by atoms with van der Waals surface area (Å²) in [5.41, 5.74) is 1.94. The van der Waals surface area contributed by atoms with Crippen molar-refractivity contribution in [3.05, 3.63) is 42.0 Å². The van der Waals surface area contributed by atoms with Gasteiger partial charge in [-0.05, 0) is 36.8 Å². The Morgan fingerprint density at radius 1 is 1.23 bits per heavy atom. The highest BCUT2D eigenvalue weighted by Crippen LogP contribution is 2.16. The highest BCUT2D eigenvalue weighted by molar-refractivity contribution is 5.98. The molecule has 118 valence electrons. The van der Waals surface area contributed by atoms with Gasteiger partial charge in [-0.3, -0.25) is 14.4 Å². The zero-order valence-electron chi connectivity index (χ0n) is 13.3. The zero-order valence-corrected chi connectivity index (χ0v) is 13.3. The topological polar surface area (TPSA) is 69.7 Å². The van der Waals surface area contributed by atoms with E-state index in [1.165, 1.54) is 16.8 Å². The normalized spacial score (nSPS) is 9.82. The molecule has 0 saturated heterocycles. The number of likely N-dealkylation sites (N-methyl/N-ethyl adjacent to an activating group) is 1. The number of carbonyl (C=O) groups is 3. The number of amides is 3. The summed E-state index contributed by atoms with van der Waals surface area (Å²) in [5, 5.41) is 2.70. The molecule has 1 N–H and O–H groups in total. The van der Waals surface area contributed by atoms with E-state index in [0.29, 0.717) is 11.3 Å². The molecular formula is C16H21N3O3. The number of aryl methyl sites for hydroxylation is 1. The molecule has 0 spiro atoms. The molecule has 0 aromatic heterocycles. The number of benzene rings is 1. The summed E-state index contributed by atoms with van der Waals surface area (Å²) in [6.07, 6.45) is 1.15. The fourth-order valence-electron chi connectivity index (χ4n) is 1.87. The van der Waals surface area contributed by atoms with Crippen LogP contribution in [0.15, 0.2) is 30.9 Å². The van der Waals surface area contributed by atoms with Crippen LogP contribution in [0.3, 0.4) is 0 Å². The van der Waals surface area contributed by atoms with E-state index in [4.69, 9.17) is 0 Å². The minimum Gasteiger partial charge on any atom is -0.345 e. The molecule has 0 radical (unpaired) electrons. The number of rotatable bonds is 5. The fraction of sp³-hybridized carbons (Fsp3) is 0.312. The molecule has 0 bridgehead atoms. The number of nitrogens with zero attached hydrogens (tertiary/aromatic N) is 2. The van der Waals surface area contributed by atoms with Crippen molar-refractivity contribution in [3.63, 3.8) is 0 Å². The van der Waals surface area contributed by atoms with Crippen LogP contribution in [0.1, 0.15) is 15.9 Å². The largest absolute Gasteiger partial charge is 0.345 e. The second-order valence-electron chi connectivity index (χ2n) is 5.18. The maximum absolute atomic E-state index is 11.9. The summed E-state index contributed by atoms with van der Waals surface area (Å²) in [5.74, 6) is -0.728. The van der Waals surface area contributed by atoms with Gasteiger partial charge in [-0.2, -0.15) is 0 Å². The number of nitrogens with one attached hydrogen (secondary N) is 1. The van der Waals surface area contributed by atoms with Gasteiger partial charge in [-0.15, -0.1) is 0 Å². The Morgan fingerprint density at radius 2 is 1.86 bits per heavy atom. The predicted octanol–water partition coefficient (Wildman–Crippen LogP) is 1.28. The van der Waals surface area contributed by atoms with E-state index in [1.807, 2.05) is 0 Å². The van der Waals surface area contributed by atoms with Crippen LogP contribution < -0.4 is 5.32 Å². The molecule has 0 saturated carbocycles. The standard InChI is InChI=1S/C16H21N3O3/c1-6-15(21)19(5)10-14(20)17-12-7-8-13(11(2)9-12)16(22)18(3)4/h6-9H,1,10H2,2-5H3,(H,17,20). The van der Waals surface area contributed by atoms with Crippen molar-refractivity contribution < 1.29 is 14.4 Å². The highest BCUT2D eigenvalue weighted by Gasteiger charge is 2.13. The molecule has 0 aliphatic carbocycles.